The van der Waals surface area contributed by atoms with Gasteiger partial charge < -0.3 is 9.64 Å². The van der Waals surface area contributed by atoms with Crippen LogP contribution >= 0.6 is 11.3 Å². The molecule has 2 fully saturated rings. The van der Waals surface area contributed by atoms with Crippen LogP contribution in [0.5, 0.6) is 0 Å². The van der Waals surface area contributed by atoms with E-state index in [-0.39, 0.29) is 17.7 Å². The van der Waals surface area contributed by atoms with E-state index in [0.29, 0.717) is 13.1 Å². The van der Waals surface area contributed by atoms with Crippen LogP contribution in [0, 0.1) is 6.92 Å². The number of ether oxygens (including phenoxy) is 1. The van der Waals surface area contributed by atoms with Crippen molar-refractivity contribution < 1.29 is 9.53 Å². The van der Waals surface area contributed by atoms with Crippen molar-refractivity contribution in [2.24, 2.45) is 0 Å². The summed E-state index contributed by atoms with van der Waals surface area (Å²) in [5.41, 5.74) is -0.105. The summed E-state index contributed by atoms with van der Waals surface area (Å²) in [4.78, 5) is 16.6. The van der Waals surface area contributed by atoms with Crippen molar-refractivity contribution in [3.8, 4) is 0 Å². The molecule has 0 aromatic carbocycles. The van der Waals surface area contributed by atoms with E-state index in [1.165, 1.54) is 16.2 Å². The lowest BCUT2D eigenvalue weighted by Gasteiger charge is -2.43. The Hall–Kier alpha value is -0.910. The summed E-state index contributed by atoms with van der Waals surface area (Å²) in [6.45, 7) is 3.23. The van der Waals surface area contributed by atoms with Gasteiger partial charge in [0.05, 0.1) is 18.7 Å². The standard InChI is InChI=1S/C14H20N2O2S/c1-10-4-5-11(19-10)13-15-8-12(17)16(13)9-14(18-2)6-3-7-14/h4-5,13,15H,3,6-9H2,1-2H3. The third kappa shape index (κ3) is 2.30. The van der Waals surface area contributed by atoms with E-state index in [0.717, 1.165) is 12.8 Å². The van der Waals surface area contributed by atoms with E-state index in [2.05, 4.69) is 24.4 Å². The summed E-state index contributed by atoms with van der Waals surface area (Å²) in [6.07, 6.45) is 3.35. The van der Waals surface area contributed by atoms with Gasteiger partial charge in [0, 0.05) is 16.9 Å². The number of hydrogen-bond acceptors (Lipinski definition) is 4. The van der Waals surface area contributed by atoms with Gasteiger partial charge >= 0.3 is 0 Å². The first kappa shape index (κ1) is 13.1. The summed E-state index contributed by atoms with van der Waals surface area (Å²) in [6, 6.07) is 4.22. The predicted octanol–water partition coefficient (Wildman–Crippen LogP) is 2.06. The Labute approximate surface area is 117 Å². The Morgan fingerprint density at radius 1 is 1.53 bits per heavy atom. The molecule has 2 heterocycles. The molecule has 1 saturated carbocycles. The molecule has 1 N–H and O–H groups in total. The Balaban J connectivity index is 1.79. The van der Waals surface area contributed by atoms with E-state index in [4.69, 9.17) is 4.74 Å². The van der Waals surface area contributed by atoms with Crippen LogP contribution in [0.3, 0.4) is 0 Å². The second-order valence-electron chi connectivity index (χ2n) is 5.49. The Bertz CT molecular complexity index is 476. The molecule has 0 bridgehead atoms. The fraction of sp³-hybridized carbons (Fsp3) is 0.643. The summed E-state index contributed by atoms with van der Waals surface area (Å²) in [5.74, 6) is 0.180. The van der Waals surface area contributed by atoms with Gasteiger partial charge in [-0.2, -0.15) is 0 Å². The maximum absolute atomic E-state index is 12.1. The zero-order chi connectivity index (χ0) is 13.5. The highest BCUT2D eigenvalue weighted by molar-refractivity contribution is 7.12. The summed E-state index contributed by atoms with van der Waals surface area (Å²) < 4.78 is 5.66. The Morgan fingerprint density at radius 2 is 2.32 bits per heavy atom. The number of amides is 1. The largest absolute Gasteiger partial charge is 0.376 e. The van der Waals surface area contributed by atoms with E-state index in [1.54, 1.807) is 18.4 Å². The maximum Gasteiger partial charge on any atom is 0.238 e. The van der Waals surface area contributed by atoms with Crippen LogP contribution < -0.4 is 5.32 Å². The fourth-order valence-corrected chi connectivity index (χ4v) is 3.85. The average Bonchev–Trinajstić information content (AvgIpc) is 2.91. The second-order valence-corrected chi connectivity index (χ2v) is 6.81. The lowest BCUT2D eigenvalue weighted by atomic mass is 9.79. The lowest BCUT2D eigenvalue weighted by molar-refractivity contribution is -0.138. The first-order chi connectivity index (χ1) is 9.13. The van der Waals surface area contributed by atoms with Gasteiger partial charge in [0.25, 0.3) is 0 Å². The molecule has 0 radical (unpaired) electrons. The van der Waals surface area contributed by atoms with Crippen molar-refractivity contribution in [1.82, 2.24) is 10.2 Å². The summed E-state index contributed by atoms with van der Waals surface area (Å²) >= 11 is 1.75. The molecule has 1 aliphatic carbocycles. The third-order valence-corrected chi connectivity index (χ3v) is 5.32. The van der Waals surface area contributed by atoms with Crippen LogP contribution in [0.4, 0.5) is 0 Å². The lowest BCUT2D eigenvalue weighted by Crippen LogP contribution is -2.50. The number of aryl methyl sites for hydroxylation is 1. The van der Waals surface area contributed by atoms with Gasteiger partial charge in [0.2, 0.25) is 5.91 Å². The van der Waals surface area contributed by atoms with Gasteiger partial charge in [-0.15, -0.1) is 11.3 Å². The fourth-order valence-electron chi connectivity index (χ4n) is 2.88. The van der Waals surface area contributed by atoms with Crippen LogP contribution in [0.1, 0.15) is 35.2 Å². The first-order valence-electron chi connectivity index (χ1n) is 6.78. The van der Waals surface area contributed by atoms with Gasteiger partial charge in [-0.05, 0) is 38.3 Å². The SMILES string of the molecule is COC1(CN2C(=O)CNC2c2ccc(C)s2)CCC1. The highest BCUT2D eigenvalue weighted by Gasteiger charge is 2.43. The number of carbonyl (C=O) groups is 1. The molecule has 1 unspecified atom stereocenters. The minimum absolute atomic E-state index is 0.0267. The zero-order valence-electron chi connectivity index (χ0n) is 11.4. The molecule has 0 spiro atoms. The third-order valence-electron chi connectivity index (χ3n) is 4.27. The molecule has 104 valence electrons. The van der Waals surface area contributed by atoms with Gasteiger partial charge in [-0.3, -0.25) is 10.1 Å². The van der Waals surface area contributed by atoms with E-state index >= 15 is 0 Å². The summed E-state index contributed by atoms with van der Waals surface area (Å²) in [7, 11) is 1.76. The molecule has 1 aliphatic heterocycles. The van der Waals surface area contributed by atoms with Gasteiger partial charge in [-0.25, -0.2) is 0 Å². The molecule has 4 nitrogen and oxygen atoms in total. The molecular weight excluding hydrogens is 260 g/mol. The number of carbonyl (C=O) groups excluding carboxylic acids is 1. The second kappa shape index (κ2) is 4.89. The maximum atomic E-state index is 12.1. The van der Waals surface area contributed by atoms with Crippen molar-refractivity contribution >= 4 is 17.2 Å². The predicted molar refractivity (Wildman–Crippen MR) is 75.1 cm³/mol. The topological polar surface area (TPSA) is 41.6 Å². The number of methoxy groups -OCH3 is 1. The van der Waals surface area contributed by atoms with Crippen molar-refractivity contribution in [3.05, 3.63) is 21.9 Å². The van der Waals surface area contributed by atoms with E-state index in [1.807, 2.05) is 4.90 Å². The molecule has 1 amide bonds. The van der Waals surface area contributed by atoms with Crippen molar-refractivity contribution in [2.45, 2.75) is 38.0 Å². The van der Waals surface area contributed by atoms with Gasteiger partial charge in [0.15, 0.2) is 0 Å². The molecule has 5 heteroatoms. The van der Waals surface area contributed by atoms with Crippen molar-refractivity contribution in [1.29, 1.82) is 0 Å². The van der Waals surface area contributed by atoms with Crippen molar-refractivity contribution in [2.75, 3.05) is 20.2 Å². The number of thiophene rings is 1. The molecule has 3 rings (SSSR count). The van der Waals surface area contributed by atoms with Crippen molar-refractivity contribution in [3.63, 3.8) is 0 Å². The van der Waals surface area contributed by atoms with Gasteiger partial charge in [-0.1, -0.05) is 0 Å². The summed E-state index contributed by atoms with van der Waals surface area (Å²) in [5, 5.41) is 3.31. The highest BCUT2D eigenvalue weighted by Crippen LogP contribution is 2.38. The Morgan fingerprint density at radius 3 is 2.84 bits per heavy atom. The molecule has 2 aliphatic rings. The number of nitrogens with zero attached hydrogens (tertiary/aromatic N) is 1. The smallest absolute Gasteiger partial charge is 0.238 e. The van der Waals surface area contributed by atoms with Crippen LogP contribution in [0.15, 0.2) is 12.1 Å². The highest BCUT2D eigenvalue weighted by atomic mass is 32.1. The molecule has 1 saturated heterocycles. The number of rotatable bonds is 4. The average molecular weight is 280 g/mol. The first-order valence-corrected chi connectivity index (χ1v) is 7.60. The number of nitrogens with one attached hydrogen (secondary N) is 1. The quantitative estimate of drug-likeness (QED) is 0.918. The molecule has 1 aromatic heterocycles. The van der Waals surface area contributed by atoms with Gasteiger partial charge in [0.1, 0.15) is 6.17 Å². The van der Waals surface area contributed by atoms with Crippen LogP contribution in [-0.4, -0.2) is 36.6 Å². The molecule has 19 heavy (non-hydrogen) atoms. The van der Waals surface area contributed by atoms with Crippen LogP contribution in [0.25, 0.3) is 0 Å². The number of hydrogen-bond donors (Lipinski definition) is 1. The Kier molecular flexibility index (Phi) is 3.37. The zero-order valence-corrected chi connectivity index (χ0v) is 12.3. The molecule has 1 atom stereocenters. The van der Waals surface area contributed by atoms with E-state index < -0.39 is 0 Å². The normalized spacial score (nSPS) is 25.7. The van der Waals surface area contributed by atoms with Crippen LogP contribution in [0.2, 0.25) is 0 Å². The molecule has 1 aromatic rings. The minimum Gasteiger partial charge on any atom is -0.376 e. The monoisotopic (exact) mass is 280 g/mol. The minimum atomic E-state index is -0.105. The molecular formula is C14H20N2O2S. The van der Waals surface area contributed by atoms with Crippen LogP contribution in [-0.2, 0) is 9.53 Å². The van der Waals surface area contributed by atoms with E-state index in [9.17, 15) is 4.79 Å².